The molecule has 3 rings (SSSR count). The first-order valence-corrected chi connectivity index (χ1v) is 8.43. The molecular weight excluding hydrogens is 321 g/mol. The van der Waals surface area contributed by atoms with E-state index in [4.69, 9.17) is 16.3 Å². The van der Waals surface area contributed by atoms with Gasteiger partial charge in [0.05, 0.1) is 0 Å². The molecule has 2 aliphatic rings. The average molecular weight is 342 g/mol. The molecular formula is C17H21ClFNO3. The molecule has 0 saturated carbocycles. The van der Waals surface area contributed by atoms with Gasteiger partial charge in [0, 0.05) is 24.8 Å². The summed E-state index contributed by atoms with van der Waals surface area (Å²) in [5.41, 5.74) is 0.466. The highest BCUT2D eigenvalue weighted by Gasteiger charge is 2.37. The summed E-state index contributed by atoms with van der Waals surface area (Å²) >= 11 is 6.09. The van der Waals surface area contributed by atoms with Gasteiger partial charge in [0.2, 0.25) is 0 Å². The highest BCUT2D eigenvalue weighted by molar-refractivity contribution is 6.31. The standard InChI is InChI=1S/C17H21ClFNO3/c18-15-9-13(19)1-2-14(15)16(17(21)22)20-6-3-12(10-20)11-4-7-23-8-5-11/h1-2,9,11-12,16H,3-8,10H2,(H,21,22). The van der Waals surface area contributed by atoms with Crippen LogP contribution in [-0.4, -0.2) is 42.3 Å². The zero-order valence-corrected chi connectivity index (χ0v) is 13.6. The van der Waals surface area contributed by atoms with E-state index < -0.39 is 17.8 Å². The lowest BCUT2D eigenvalue weighted by molar-refractivity contribution is -0.143. The molecule has 23 heavy (non-hydrogen) atoms. The molecule has 2 saturated heterocycles. The van der Waals surface area contributed by atoms with Crippen molar-refractivity contribution in [2.75, 3.05) is 26.3 Å². The highest BCUT2D eigenvalue weighted by Crippen LogP contribution is 2.37. The Hall–Kier alpha value is -1.17. The molecule has 1 aromatic rings. The lowest BCUT2D eigenvalue weighted by atomic mass is 9.85. The lowest BCUT2D eigenvalue weighted by Crippen LogP contribution is -2.34. The Morgan fingerprint density at radius 1 is 1.30 bits per heavy atom. The van der Waals surface area contributed by atoms with Crippen LogP contribution in [0.3, 0.4) is 0 Å². The Bertz CT molecular complexity index is 577. The largest absolute Gasteiger partial charge is 0.480 e. The van der Waals surface area contributed by atoms with Crippen molar-refractivity contribution >= 4 is 17.6 Å². The van der Waals surface area contributed by atoms with Crippen LogP contribution in [0.15, 0.2) is 18.2 Å². The summed E-state index contributed by atoms with van der Waals surface area (Å²) in [4.78, 5) is 13.8. The second-order valence-corrected chi connectivity index (χ2v) is 6.81. The number of rotatable bonds is 4. The molecule has 6 heteroatoms. The predicted molar refractivity (Wildman–Crippen MR) is 85.0 cm³/mol. The lowest BCUT2D eigenvalue weighted by Gasteiger charge is -2.29. The second kappa shape index (κ2) is 7.16. The number of hydrogen-bond acceptors (Lipinski definition) is 3. The number of halogens is 2. The SMILES string of the molecule is O=C(O)C(c1ccc(F)cc1Cl)N1CCC(C2CCOCC2)C1. The summed E-state index contributed by atoms with van der Waals surface area (Å²) in [5, 5.41) is 9.84. The van der Waals surface area contributed by atoms with Gasteiger partial charge in [-0.2, -0.15) is 0 Å². The monoisotopic (exact) mass is 341 g/mol. The first-order valence-electron chi connectivity index (χ1n) is 8.06. The number of aliphatic carboxylic acids is 1. The van der Waals surface area contributed by atoms with Crippen LogP contribution in [0.4, 0.5) is 4.39 Å². The molecule has 0 aliphatic carbocycles. The molecule has 126 valence electrons. The number of benzene rings is 1. The fourth-order valence-electron chi connectivity index (χ4n) is 3.83. The van der Waals surface area contributed by atoms with E-state index in [0.717, 1.165) is 45.6 Å². The molecule has 2 unspecified atom stereocenters. The number of carbonyl (C=O) groups is 1. The molecule has 4 nitrogen and oxygen atoms in total. The quantitative estimate of drug-likeness (QED) is 0.912. The third-order valence-corrected chi connectivity index (χ3v) is 5.37. The molecule has 2 fully saturated rings. The maximum absolute atomic E-state index is 13.2. The zero-order chi connectivity index (χ0) is 16.4. The van der Waals surface area contributed by atoms with Crippen LogP contribution in [-0.2, 0) is 9.53 Å². The second-order valence-electron chi connectivity index (χ2n) is 6.40. The summed E-state index contributed by atoms with van der Waals surface area (Å²) < 4.78 is 18.6. The van der Waals surface area contributed by atoms with Gasteiger partial charge in [-0.1, -0.05) is 17.7 Å². The molecule has 0 radical (unpaired) electrons. The van der Waals surface area contributed by atoms with Crippen LogP contribution in [0, 0.1) is 17.7 Å². The number of hydrogen-bond donors (Lipinski definition) is 1. The average Bonchev–Trinajstić information content (AvgIpc) is 3.00. The minimum Gasteiger partial charge on any atom is -0.480 e. The van der Waals surface area contributed by atoms with Crippen molar-refractivity contribution in [2.24, 2.45) is 11.8 Å². The molecule has 0 amide bonds. The molecule has 0 aromatic heterocycles. The van der Waals surface area contributed by atoms with Gasteiger partial charge in [-0.3, -0.25) is 9.69 Å². The van der Waals surface area contributed by atoms with Crippen molar-refractivity contribution in [3.8, 4) is 0 Å². The molecule has 2 aliphatic heterocycles. The van der Waals surface area contributed by atoms with E-state index >= 15 is 0 Å². The van der Waals surface area contributed by atoms with Crippen LogP contribution in [0.25, 0.3) is 0 Å². The van der Waals surface area contributed by atoms with Crippen molar-refractivity contribution in [2.45, 2.75) is 25.3 Å². The molecule has 1 N–H and O–H groups in total. The van der Waals surface area contributed by atoms with Crippen LogP contribution in [0.2, 0.25) is 5.02 Å². The topological polar surface area (TPSA) is 49.8 Å². The Labute approximate surface area is 140 Å². The molecule has 2 atom stereocenters. The van der Waals surface area contributed by atoms with Crippen LogP contribution < -0.4 is 0 Å². The summed E-state index contributed by atoms with van der Waals surface area (Å²) in [7, 11) is 0. The Morgan fingerprint density at radius 2 is 2.04 bits per heavy atom. The van der Waals surface area contributed by atoms with E-state index in [2.05, 4.69) is 0 Å². The summed E-state index contributed by atoms with van der Waals surface area (Å²) in [6, 6.07) is 3.12. The highest BCUT2D eigenvalue weighted by atomic mass is 35.5. The minimum atomic E-state index is -0.939. The van der Waals surface area contributed by atoms with Gasteiger partial charge in [-0.05, 0) is 55.3 Å². The van der Waals surface area contributed by atoms with Crippen molar-refractivity contribution in [3.05, 3.63) is 34.6 Å². The van der Waals surface area contributed by atoms with E-state index in [1.54, 1.807) is 0 Å². The Morgan fingerprint density at radius 3 is 2.70 bits per heavy atom. The molecule has 0 bridgehead atoms. The normalized spacial score (nSPS) is 24.7. The van der Waals surface area contributed by atoms with Gasteiger partial charge in [-0.15, -0.1) is 0 Å². The molecule has 1 aromatic carbocycles. The summed E-state index contributed by atoms with van der Waals surface area (Å²) in [6.45, 7) is 3.07. The Balaban J connectivity index is 1.76. The van der Waals surface area contributed by atoms with Gasteiger partial charge in [0.1, 0.15) is 11.9 Å². The van der Waals surface area contributed by atoms with Crippen LogP contribution >= 0.6 is 11.6 Å². The zero-order valence-electron chi connectivity index (χ0n) is 12.9. The van der Waals surface area contributed by atoms with Crippen LogP contribution in [0.1, 0.15) is 30.9 Å². The van der Waals surface area contributed by atoms with E-state index in [0.29, 0.717) is 17.4 Å². The molecule has 0 spiro atoms. The fourth-order valence-corrected chi connectivity index (χ4v) is 4.10. The van der Waals surface area contributed by atoms with E-state index in [9.17, 15) is 14.3 Å². The number of likely N-dealkylation sites (tertiary alicyclic amines) is 1. The first kappa shape index (κ1) is 16.7. The van der Waals surface area contributed by atoms with Crippen molar-refractivity contribution in [3.63, 3.8) is 0 Å². The summed E-state index contributed by atoms with van der Waals surface area (Å²) in [6.07, 6.45) is 3.09. The van der Waals surface area contributed by atoms with Gasteiger partial charge in [0.25, 0.3) is 0 Å². The number of carboxylic acid groups (broad SMARTS) is 1. The fraction of sp³-hybridized carbons (Fsp3) is 0.588. The molecule has 2 heterocycles. The number of carboxylic acids is 1. The van der Waals surface area contributed by atoms with E-state index in [1.807, 2.05) is 4.90 Å². The number of nitrogens with zero attached hydrogens (tertiary/aromatic N) is 1. The van der Waals surface area contributed by atoms with E-state index in [1.165, 1.54) is 18.2 Å². The van der Waals surface area contributed by atoms with Gasteiger partial charge < -0.3 is 9.84 Å². The third-order valence-electron chi connectivity index (χ3n) is 5.04. The third kappa shape index (κ3) is 3.67. The maximum Gasteiger partial charge on any atom is 0.325 e. The smallest absolute Gasteiger partial charge is 0.325 e. The van der Waals surface area contributed by atoms with Gasteiger partial charge in [0.15, 0.2) is 0 Å². The van der Waals surface area contributed by atoms with Crippen molar-refractivity contribution < 1.29 is 19.0 Å². The first-order chi connectivity index (χ1) is 11.1. The minimum absolute atomic E-state index is 0.173. The number of ether oxygens (including phenoxy) is 1. The van der Waals surface area contributed by atoms with Crippen molar-refractivity contribution in [1.29, 1.82) is 0 Å². The van der Waals surface area contributed by atoms with Crippen LogP contribution in [0.5, 0.6) is 0 Å². The predicted octanol–water partition coefficient (Wildman–Crippen LogP) is 3.35. The van der Waals surface area contributed by atoms with Gasteiger partial charge >= 0.3 is 5.97 Å². The Kier molecular flexibility index (Phi) is 5.19. The van der Waals surface area contributed by atoms with E-state index in [-0.39, 0.29) is 5.02 Å². The summed E-state index contributed by atoms with van der Waals surface area (Å²) in [5.74, 6) is -0.289. The van der Waals surface area contributed by atoms with Gasteiger partial charge in [-0.25, -0.2) is 4.39 Å². The maximum atomic E-state index is 13.2. The van der Waals surface area contributed by atoms with Crippen molar-refractivity contribution in [1.82, 2.24) is 4.90 Å².